The molecule has 0 radical (unpaired) electrons. The van der Waals surface area contributed by atoms with Gasteiger partial charge >= 0.3 is 17.9 Å². The highest BCUT2D eigenvalue weighted by Crippen LogP contribution is 2.50. The van der Waals surface area contributed by atoms with Crippen LogP contribution in [0.15, 0.2) is 12.3 Å². The quantitative estimate of drug-likeness (QED) is 0.363. The van der Waals surface area contributed by atoms with Crippen LogP contribution < -0.4 is 11.1 Å². The minimum atomic E-state index is -3.29. The molecule has 216 valence electrons. The Bertz CT molecular complexity index is 1400. The van der Waals surface area contributed by atoms with Gasteiger partial charge in [0, 0.05) is 28.8 Å². The molecule has 2 aliphatic heterocycles. The van der Waals surface area contributed by atoms with Gasteiger partial charge in [0.2, 0.25) is 5.91 Å². The van der Waals surface area contributed by atoms with Crippen molar-refractivity contribution < 1.29 is 32.4 Å². The van der Waals surface area contributed by atoms with E-state index in [1.54, 1.807) is 25.7 Å². The number of quaternary nitrogens is 1. The molecule has 2 atom stereocenters. The highest BCUT2D eigenvalue weighted by molar-refractivity contribution is 7.17. The largest absolute Gasteiger partial charge is 0.462 e. The molecular formula is C28H35F2N4O4S2+. The first-order chi connectivity index (χ1) is 18.9. The number of esters is 1. The number of nitrogens with two attached hydrogens (primary N) is 1. The molecule has 0 bridgehead atoms. The maximum absolute atomic E-state index is 15.9. The second kappa shape index (κ2) is 10.6. The van der Waals surface area contributed by atoms with Gasteiger partial charge < -0.3 is 15.4 Å². The van der Waals surface area contributed by atoms with Crippen LogP contribution in [0.2, 0.25) is 0 Å². The molecule has 0 saturated heterocycles. The Labute approximate surface area is 240 Å². The fourth-order valence-corrected chi connectivity index (χ4v) is 8.62. The van der Waals surface area contributed by atoms with E-state index in [0.29, 0.717) is 40.4 Å². The minimum Gasteiger partial charge on any atom is -0.462 e. The van der Waals surface area contributed by atoms with Crippen molar-refractivity contribution in [2.45, 2.75) is 77.9 Å². The number of carbonyl (C=O) groups is 3. The predicted molar refractivity (Wildman–Crippen MR) is 151 cm³/mol. The van der Waals surface area contributed by atoms with Gasteiger partial charge in [-0.05, 0) is 63.7 Å². The number of rotatable bonds is 5. The number of amides is 3. The molecule has 0 spiro atoms. The van der Waals surface area contributed by atoms with Crippen LogP contribution in [0.1, 0.15) is 75.3 Å². The fourth-order valence-electron chi connectivity index (χ4n) is 6.01. The van der Waals surface area contributed by atoms with E-state index in [9.17, 15) is 14.4 Å². The van der Waals surface area contributed by atoms with Crippen molar-refractivity contribution in [1.82, 2.24) is 4.90 Å². The molecule has 2 aromatic heterocycles. The van der Waals surface area contributed by atoms with Crippen molar-refractivity contribution in [2.24, 2.45) is 5.73 Å². The Balaban J connectivity index is 1.51. The summed E-state index contributed by atoms with van der Waals surface area (Å²) < 4.78 is 36.5. The van der Waals surface area contributed by atoms with Crippen molar-refractivity contribution in [3.63, 3.8) is 0 Å². The number of nitrogens with zero attached hydrogens (tertiary/aromatic N) is 2. The zero-order valence-electron chi connectivity index (χ0n) is 23.0. The van der Waals surface area contributed by atoms with Crippen LogP contribution in [-0.4, -0.2) is 53.0 Å². The summed E-state index contributed by atoms with van der Waals surface area (Å²) in [6.07, 6.45) is 3.84. The summed E-state index contributed by atoms with van der Waals surface area (Å²) in [5, 5.41) is 3.22. The van der Waals surface area contributed by atoms with Crippen molar-refractivity contribution >= 4 is 45.6 Å². The molecule has 3 amide bonds. The van der Waals surface area contributed by atoms with Gasteiger partial charge in [-0.25, -0.2) is 14.1 Å². The zero-order valence-corrected chi connectivity index (χ0v) is 24.7. The number of urea groups is 1. The van der Waals surface area contributed by atoms with Crippen molar-refractivity contribution in [3.8, 4) is 0 Å². The molecule has 1 aliphatic carbocycles. The summed E-state index contributed by atoms with van der Waals surface area (Å²) in [6.45, 7) is 8.95. The summed E-state index contributed by atoms with van der Waals surface area (Å²) >= 11 is 2.35. The number of carbonyl (C=O) groups excluding carboxylic acids is 3. The number of hydrogen-bond acceptors (Lipinski definition) is 7. The van der Waals surface area contributed by atoms with Crippen LogP contribution >= 0.6 is 22.7 Å². The standard InChI is InChI=1S/C28H34F2N4O4S2/c1-5-38-26(36)22-18-8-6-7-9-20(18)40-24(22)32-27(37)34(15(2)3)13-19-17-10-11-33(25(35)16(4)31)12-21(17)39-23(19)28(29,30)14-34/h16H,2,5-14,31H2,1,3-4H3/p+1. The first kappa shape index (κ1) is 28.8. The Morgan fingerprint density at radius 1 is 1.15 bits per heavy atom. The second-order valence-corrected chi connectivity index (χ2v) is 13.1. The highest BCUT2D eigenvalue weighted by Gasteiger charge is 2.57. The van der Waals surface area contributed by atoms with Gasteiger partial charge in [0.05, 0.1) is 29.6 Å². The van der Waals surface area contributed by atoms with E-state index in [1.807, 2.05) is 0 Å². The Kier molecular flexibility index (Phi) is 7.66. The average molecular weight is 594 g/mol. The number of thiophene rings is 2. The number of aryl methyl sites for hydroxylation is 1. The van der Waals surface area contributed by atoms with Crippen LogP contribution in [0.5, 0.6) is 0 Å². The molecule has 8 nitrogen and oxygen atoms in total. The number of halogens is 2. The third-order valence-corrected chi connectivity index (χ3v) is 10.7. The maximum atomic E-state index is 15.9. The number of nitrogens with one attached hydrogen (secondary N) is 1. The van der Waals surface area contributed by atoms with Gasteiger partial charge in [-0.1, -0.05) is 0 Å². The van der Waals surface area contributed by atoms with Gasteiger partial charge in [0.1, 0.15) is 17.2 Å². The summed E-state index contributed by atoms with van der Waals surface area (Å²) in [5.74, 6) is -4.02. The van der Waals surface area contributed by atoms with Gasteiger partial charge in [-0.2, -0.15) is 8.78 Å². The smallest absolute Gasteiger partial charge is 0.426 e. The van der Waals surface area contributed by atoms with E-state index in [4.69, 9.17) is 10.5 Å². The van der Waals surface area contributed by atoms with Crippen molar-refractivity contribution in [1.29, 1.82) is 0 Å². The third kappa shape index (κ3) is 4.78. The molecule has 5 rings (SSSR count). The lowest BCUT2D eigenvalue weighted by atomic mass is 9.94. The van der Waals surface area contributed by atoms with Gasteiger partial charge in [0.15, 0.2) is 6.54 Å². The van der Waals surface area contributed by atoms with Gasteiger partial charge in [-0.15, -0.1) is 22.7 Å². The fraction of sp³-hybridized carbons (Fsp3) is 0.536. The SMILES string of the molecule is C=C(C)[N+]1(C(=O)Nc2sc3c(c2C(=O)OCC)CCCC3)Cc2c(sc3c2CCN(C(=O)C(C)N)C3)C(F)(F)C1. The Morgan fingerprint density at radius 2 is 1.88 bits per heavy atom. The highest BCUT2D eigenvalue weighted by atomic mass is 32.1. The average Bonchev–Trinajstić information content (AvgIpc) is 3.45. The van der Waals surface area contributed by atoms with Crippen LogP contribution in [0.4, 0.5) is 18.6 Å². The molecule has 0 saturated carbocycles. The first-order valence-electron chi connectivity index (χ1n) is 13.6. The van der Waals surface area contributed by atoms with E-state index in [-0.39, 0.29) is 36.2 Å². The van der Waals surface area contributed by atoms with Crippen LogP contribution in [0, 0.1) is 0 Å². The Morgan fingerprint density at radius 3 is 2.55 bits per heavy atom. The molecule has 12 heteroatoms. The molecular weight excluding hydrogens is 558 g/mol. The normalized spacial score (nSPS) is 22.0. The minimum absolute atomic E-state index is 0.0268. The van der Waals surface area contributed by atoms with E-state index in [0.717, 1.165) is 46.6 Å². The lowest BCUT2D eigenvalue weighted by Crippen LogP contribution is -2.59. The molecule has 3 N–H and O–H groups in total. The molecule has 3 aliphatic rings. The van der Waals surface area contributed by atoms with Crippen LogP contribution in [-0.2, 0) is 47.8 Å². The van der Waals surface area contributed by atoms with E-state index in [1.165, 1.54) is 11.3 Å². The molecule has 2 unspecified atom stereocenters. The Hall–Kier alpha value is -2.67. The number of anilines is 1. The molecule has 2 aromatic rings. The summed E-state index contributed by atoms with van der Waals surface area (Å²) in [6, 6.07) is -1.32. The summed E-state index contributed by atoms with van der Waals surface area (Å²) in [4.78, 5) is 42.7. The number of allylic oxidation sites excluding steroid dienone is 1. The molecule has 0 fully saturated rings. The number of fused-ring (bicyclic) bond motifs is 4. The summed E-state index contributed by atoms with van der Waals surface area (Å²) in [5.41, 5.74) is 8.52. The molecule has 0 aromatic carbocycles. The van der Waals surface area contributed by atoms with Gasteiger partial charge in [0.25, 0.3) is 0 Å². The third-order valence-electron chi connectivity index (χ3n) is 8.09. The lowest BCUT2D eigenvalue weighted by molar-refractivity contribution is -0.837. The zero-order chi connectivity index (χ0) is 29.0. The van der Waals surface area contributed by atoms with E-state index >= 15 is 8.78 Å². The molecule has 4 heterocycles. The number of alkyl halides is 2. The van der Waals surface area contributed by atoms with Gasteiger partial charge in [-0.3, -0.25) is 10.1 Å². The summed E-state index contributed by atoms with van der Waals surface area (Å²) in [7, 11) is 0. The monoisotopic (exact) mass is 593 g/mol. The second-order valence-electron chi connectivity index (χ2n) is 10.9. The molecule has 40 heavy (non-hydrogen) atoms. The topological polar surface area (TPSA) is 102 Å². The lowest BCUT2D eigenvalue weighted by Gasteiger charge is -2.41. The number of hydrogen-bond donors (Lipinski definition) is 2. The van der Waals surface area contributed by atoms with Crippen molar-refractivity contribution in [3.05, 3.63) is 49.2 Å². The van der Waals surface area contributed by atoms with Crippen LogP contribution in [0.3, 0.4) is 0 Å². The number of ether oxygens (including phenoxy) is 1. The van der Waals surface area contributed by atoms with E-state index in [2.05, 4.69) is 11.9 Å². The van der Waals surface area contributed by atoms with Crippen LogP contribution in [0.25, 0.3) is 0 Å². The van der Waals surface area contributed by atoms with E-state index < -0.39 is 35.0 Å². The maximum Gasteiger partial charge on any atom is 0.426 e. The predicted octanol–water partition coefficient (Wildman–Crippen LogP) is 5.28. The van der Waals surface area contributed by atoms with Crippen molar-refractivity contribution in [2.75, 3.05) is 25.0 Å². The first-order valence-corrected chi connectivity index (χ1v) is 15.2.